The van der Waals surface area contributed by atoms with Gasteiger partial charge in [-0.1, -0.05) is 0 Å². The molecule has 1 aliphatic rings. The Morgan fingerprint density at radius 3 is 2.29 bits per heavy atom. The maximum absolute atomic E-state index is 13.0. The highest BCUT2D eigenvalue weighted by Crippen LogP contribution is 2.19. The lowest BCUT2D eigenvalue weighted by Crippen LogP contribution is -2.50. The molecule has 0 aliphatic carbocycles. The van der Waals surface area contributed by atoms with E-state index < -0.39 is 10.2 Å². The molecule has 128 valence electrons. The lowest BCUT2D eigenvalue weighted by Gasteiger charge is -2.35. The van der Waals surface area contributed by atoms with Crippen molar-refractivity contribution >= 4 is 21.7 Å². The lowest BCUT2D eigenvalue weighted by atomic mass is 10.2. The first-order valence-electron chi connectivity index (χ1n) is 7.37. The zero-order chi connectivity index (χ0) is 17.2. The molecule has 24 heavy (non-hydrogen) atoms. The number of aromatic nitrogens is 1. The fourth-order valence-corrected chi connectivity index (χ4v) is 3.64. The SMILES string of the molecule is O=S(=O)(Nc1ccc(O)cn1)N1CCN(c2ccc(F)cc2)CC1. The van der Waals surface area contributed by atoms with Crippen molar-refractivity contribution in [1.29, 1.82) is 0 Å². The van der Waals surface area contributed by atoms with E-state index in [4.69, 9.17) is 0 Å². The summed E-state index contributed by atoms with van der Waals surface area (Å²) in [5, 5.41) is 9.18. The van der Waals surface area contributed by atoms with Gasteiger partial charge in [-0.05, 0) is 36.4 Å². The fraction of sp³-hybridized carbons (Fsp3) is 0.267. The van der Waals surface area contributed by atoms with Crippen LogP contribution in [0.5, 0.6) is 5.75 Å². The Morgan fingerprint density at radius 1 is 1.04 bits per heavy atom. The van der Waals surface area contributed by atoms with Gasteiger partial charge in [0.05, 0.1) is 6.20 Å². The van der Waals surface area contributed by atoms with Crippen molar-refractivity contribution in [1.82, 2.24) is 9.29 Å². The smallest absolute Gasteiger partial charge is 0.302 e. The highest BCUT2D eigenvalue weighted by atomic mass is 32.2. The molecule has 3 rings (SSSR count). The van der Waals surface area contributed by atoms with Crippen LogP contribution in [0.2, 0.25) is 0 Å². The van der Waals surface area contributed by atoms with Crippen molar-refractivity contribution in [3.63, 3.8) is 0 Å². The van der Waals surface area contributed by atoms with Crippen molar-refractivity contribution in [2.75, 3.05) is 35.8 Å². The number of pyridine rings is 1. The van der Waals surface area contributed by atoms with Crippen LogP contribution in [0.4, 0.5) is 15.9 Å². The molecular formula is C15H17FN4O3S. The number of nitrogens with zero attached hydrogens (tertiary/aromatic N) is 3. The molecule has 0 amide bonds. The van der Waals surface area contributed by atoms with Crippen LogP contribution in [0.25, 0.3) is 0 Å². The number of aromatic hydroxyl groups is 1. The molecule has 2 heterocycles. The van der Waals surface area contributed by atoms with Crippen molar-refractivity contribution < 1.29 is 17.9 Å². The maximum atomic E-state index is 13.0. The Morgan fingerprint density at radius 2 is 1.71 bits per heavy atom. The molecule has 0 spiro atoms. The predicted octanol–water partition coefficient (Wildman–Crippen LogP) is 1.41. The Balaban J connectivity index is 1.62. The van der Waals surface area contributed by atoms with Gasteiger partial charge in [0.25, 0.3) is 0 Å². The van der Waals surface area contributed by atoms with Gasteiger partial charge in [0, 0.05) is 31.9 Å². The highest BCUT2D eigenvalue weighted by molar-refractivity contribution is 7.90. The number of nitrogens with one attached hydrogen (secondary N) is 1. The molecule has 0 bridgehead atoms. The van der Waals surface area contributed by atoms with Crippen LogP contribution in [-0.4, -0.2) is 49.0 Å². The summed E-state index contributed by atoms with van der Waals surface area (Å²) < 4.78 is 41.4. The first-order valence-corrected chi connectivity index (χ1v) is 8.81. The van der Waals surface area contributed by atoms with Crippen molar-refractivity contribution in [2.24, 2.45) is 0 Å². The summed E-state index contributed by atoms with van der Waals surface area (Å²) in [7, 11) is -3.71. The van der Waals surface area contributed by atoms with Gasteiger partial charge in [0.15, 0.2) is 0 Å². The molecule has 7 nitrogen and oxygen atoms in total. The number of halogens is 1. The summed E-state index contributed by atoms with van der Waals surface area (Å²) in [6.45, 7) is 1.64. The summed E-state index contributed by atoms with van der Waals surface area (Å²) in [6.07, 6.45) is 1.17. The van der Waals surface area contributed by atoms with Crippen LogP contribution in [0, 0.1) is 5.82 Å². The van der Waals surface area contributed by atoms with Gasteiger partial charge in [-0.3, -0.25) is 4.72 Å². The number of piperazine rings is 1. The second-order valence-electron chi connectivity index (χ2n) is 5.37. The van der Waals surface area contributed by atoms with Gasteiger partial charge < -0.3 is 10.0 Å². The van der Waals surface area contributed by atoms with E-state index in [2.05, 4.69) is 9.71 Å². The van der Waals surface area contributed by atoms with Gasteiger partial charge in [0.1, 0.15) is 17.4 Å². The second kappa shape index (κ2) is 6.62. The van der Waals surface area contributed by atoms with Crippen LogP contribution in [0.3, 0.4) is 0 Å². The Labute approximate surface area is 139 Å². The molecule has 1 aliphatic heterocycles. The van der Waals surface area contributed by atoms with Gasteiger partial charge in [0.2, 0.25) is 0 Å². The summed E-state index contributed by atoms with van der Waals surface area (Å²) in [5.74, 6) is -0.190. The average molecular weight is 352 g/mol. The molecule has 1 saturated heterocycles. The summed E-state index contributed by atoms with van der Waals surface area (Å²) in [4.78, 5) is 5.82. The van der Waals surface area contributed by atoms with Gasteiger partial charge >= 0.3 is 10.2 Å². The molecule has 1 aromatic carbocycles. The Kier molecular flexibility index (Phi) is 4.54. The average Bonchev–Trinajstić information content (AvgIpc) is 2.58. The monoisotopic (exact) mass is 352 g/mol. The molecule has 1 aromatic heterocycles. The van der Waals surface area contributed by atoms with Crippen LogP contribution < -0.4 is 9.62 Å². The minimum atomic E-state index is -3.71. The highest BCUT2D eigenvalue weighted by Gasteiger charge is 2.27. The van der Waals surface area contributed by atoms with Crippen molar-refractivity contribution in [2.45, 2.75) is 0 Å². The van der Waals surface area contributed by atoms with E-state index in [1.807, 2.05) is 4.90 Å². The summed E-state index contributed by atoms with van der Waals surface area (Å²) in [5.41, 5.74) is 0.863. The van der Waals surface area contributed by atoms with Crippen molar-refractivity contribution in [3.8, 4) is 5.75 Å². The Bertz CT molecular complexity index is 788. The largest absolute Gasteiger partial charge is 0.506 e. The van der Waals surface area contributed by atoms with E-state index in [1.165, 1.54) is 34.8 Å². The minimum absolute atomic E-state index is 0.0362. The van der Waals surface area contributed by atoms with E-state index in [9.17, 15) is 17.9 Å². The van der Waals surface area contributed by atoms with Crippen LogP contribution in [-0.2, 0) is 10.2 Å². The zero-order valence-electron chi connectivity index (χ0n) is 12.8. The molecule has 0 saturated carbocycles. The first kappa shape index (κ1) is 16.5. The molecule has 0 atom stereocenters. The molecule has 2 N–H and O–H groups in total. The van der Waals surface area contributed by atoms with E-state index >= 15 is 0 Å². The summed E-state index contributed by atoms with van der Waals surface area (Å²) >= 11 is 0. The fourth-order valence-electron chi connectivity index (χ4n) is 2.48. The minimum Gasteiger partial charge on any atom is -0.506 e. The van der Waals surface area contributed by atoms with Crippen molar-refractivity contribution in [3.05, 3.63) is 48.4 Å². The summed E-state index contributed by atoms with van der Waals surface area (Å²) in [6, 6.07) is 8.88. The third-order valence-electron chi connectivity index (χ3n) is 3.75. The third kappa shape index (κ3) is 3.74. The third-order valence-corrected chi connectivity index (χ3v) is 5.26. The second-order valence-corrected chi connectivity index (χ2v) is 7.04. The maximum Gasteiger partial charge on any atom is 0.302 e. The van der Waals surface area contributed by atoms with E-state index in [1.54, 1.807) is 12.1 Å². The quantitative estimate of drug-likeness (QED) is 0.869. The van der Waals surface area contributed by atoms with Gasteiger partial charge in [-0.2, -0.15) is 12.7 Å². The zero-order valence-corrected chi connectivity index (χ0v) is 13.6. The number of benzene rings is 1. The van der Waals surface area contributed by atoms with Crippen LogP contribution >= 0.6 is 0 Å². The van der Waals surface area contributed by atoms with E-state index in [-0.39, 0.29) is 17.4 Å². The number of rotatable bonds is 4. The van der Waals surface area contributed by atoms with Gasteiger partial charge in [-0.15, -0.1) is 0 Å². The van der Waals surface area contributed by atoms with Crippen LogP contribution in [0.15, 0.2) is 42.6 Å². The van der Waals surface area contributed by atoms with Crippen LogP contribution in [0.1, 0.15) is 0 Å². The molecule has 0 radical (unpaired) electrons. The predicted molar refractivity (Wildman–Crippen MR) is 88.6 cm³/mol. The Hall–Kier alpha value is -2.39. The lowest BCUT2D eigenvalue weighted by molar-refractivity contribution is 0.387. The molecule has 9 heteroatoms. The normalized spacial score (nSPS) is 16.1. The molecular weight excluding hydrogens is 335 g/mol. The number of hydrogen-bond donors (Lipinski definition) is 2. The standard InChI is InChI=1S/C15H17FN4O3S/c16-12-1-3-13(4-2-12)19-7-9-20(10-8-19)24(22,23)18-15-6-5-14(21)11-17-15/h1-6,11,21H,7-10H2,(H,17,18). The van der Waals surface area contributed by atoms with E-state index in [0.717, 1.165) is 5.69 Å². The first-order chi connectivity index (χ1) is 11.4. The van der Waals surface area contributed by atoms with E-state index in [0.29, 0.717) is 26.2 Å². The number of hydrogen-bond acceptors (Lipinski definition) is 5. The van der Waals surface area contributed by atoms with Gasteiger partial charge in [-0.25, -0.2) is 9.37 Å². The molecule has 1 fully saturated rings. The molecule has 0 unspecified atom stereocenters. The number of anilines is 2. The topological polar surface area (TPSA) is 85.8 Å². The molecule has 2 aromatic rings.